The van der Waals surface area contributed by atoms with Gasteiger partial charge in [0.25, 0.3) is 0 Å². The summed E-state index contributed by atoms with van der Waals surface area (Å²) in [6.45, 7) is 4.06. The largest absolute Gasteiger partial charge is 0.486 e. The van der Waals surface area contributed by atoms with E-state index in [0.29, 0.717) is 26.4 Å². The summed E-state index contributed by atoms with van der Waals surface area (Å²) >= 11 is 0. The van der Waals surface area contributed by atoms with Crippen molar-refractivity contribution in [3.05, 3.63) is 23.8 Å². The van der Waals surface area contributed by atoms with Crippen molar-refractivity contribution in [2.45, 2.75) is 13.5 Å². The zero-order valence-electron chi connectivity index (χ0n) is 10.4. The van der Waals surface area contributed by atoms with E-state index in [1.54, 1.807) is 6.92 Å². The van der Waals surface area contributed by atoms with Gasteiger partial charge in [0, 0.05) is 12.1 Å². The first-order valence-corrected chi connectivity index (χ1v) is 6.05. The van der Waals surface area contributed by atoms with Crippen molar-refractivity contribution in [2.24, 2.45) is 0 Å². The summed E-state index contributed by atoms with van der Waals surface area (Å²) in [6, 6.07) is 5.74. The van der Waals surface area contributed by atoms with E-state index >= 15 is 0 Å². The molecule has 1 aromatic carbocycles. The highest BCUT2D eigenvalue weighted by Gasteiger charge is 2.15. The van der Waals surface area contributed by atoms with Crippen molar-refractivity contribution in [1.29, 1.82) is 0 Å². The lowest BCUT2D eigenvalue weighted by molar-refractivity contribution is -0.142. The molecular weight excluding hydrogens is 234 g/mol. The Balaban J connectivity index is 1.91. The highest BCUT2D eigenvalue weighted by Crippen LogP contribution is 2.33. The third kappa shape index (κ3) is 3.13. The first-order chi connectivity index (χ1) is 8.81. The van der Waals surface area contributed by atoms with E-state index in [2.05, 4.69) is 5.32 Å². The highest BCUT2D eigenvalue weighted by molar-refractivity contribution is 5.71. The molecule has 1 aliphatic rings. The molecule has 0 amide bonds. The Morgan fingerprint density at radius 3 is 3.06 bits per heavy atom. The van der Waals surface area contributed by atoms with Crippen LogP contribution in [0.3, 0.4) is 0 Å². The average molecular weight is 251 g/mol. The third-order valence-electron chi connectivity index (χ3n) is 2.54. The van der Waals surface area contributed by atoms with Gasteiger partial charge in [-0.2, -0.15) is 0 Å². The van der Waals surface area contributed by atoms with Crippen molar-refractivity contribution in [1.82, 2.24) is 5.32 Å². The molecule has 98 valence electrons. The van der Waals surface area contributed by atoms with Crippen LogP contribution in [0.5, 0.6) is 11.5 Å². The zero-order chi connectivity index (χ0) is 12.8. The second-order valence-corrected chi connectivity index (χ2v) is 3.85. The number of fused-ring (bicyclic) bond motifs is 1. The first-order valence-electron chi connectivity index (χ1n) is 6.05. The molecule has 1 aliphatic heterocycles. The molecule has 0 aromatic heterocycles. The summed E-state index contributed by atoms with van der Waals surface area (Å²) in [4.78, 5) is 11.2. The Kier molecular flexibility index (Phi) is 4.41. The minimum absolute atomic E-state index is 0.193. The standard InChI is InChI=1S/C13H17NO4/c1-2-16-12(15)9-14-8-10-4-3-5-11-13(10)18-7-6-17-11/h3-5,14H,2,6-9H2,1H3. The molecule has 5 nitrogen and oxygen atoms in total. The van der Waals surface area contributed by atoms with Gasteiger partial charge in [-0.1, -0.05) is 12.1 Å². The molecule has 0 radical (unpaired) electrons. The molecule has 1 aromatic rings. The highest BCUT2D eigenvalue weighted by atomic mass is 16.6. The molecule has 0 spiro atoms. The van der Waals surface area contributed by atoms with Gasteiger partial charge >= 0.3 is 5.97 Å². The normalized spacial score (nSPS) is 13.2. The maximum atomic E-state index is 11.2. The van der Waals surface area contributed by atoms with Crippen LogP contribution >= 0.6 is 0 Å². The van der Waals surface area contributed by atoms with Gasteiger partial charge in [-0.05, 0) is 13.0 Å². The Morgan fingerprint density at radius 1 is 1.39 bits per heavy atom. The summed E-state index contributed by atoms with van der Waals surface area (Å²) in [5.74, 6) is 1.27. The SMILES string of the molecule is CCOC(=O)CNCc1cccc2c1OCCO2. The van der Waals surface area contributed by atoms with Gasteiger partial charge in [0.05, 0.1) is 13.2 Å². The summed E-state index contributed by atoms with van der Waals surface area (Å²) in [6.07, 6.45) is 0. The summed E-state index contributed by atoms with van der Waals surface area (Å²) in [5, 5.41) is 3.03. The van der Waals surface area contributed by atoms with Crippen LogP contribution in [0.2, 0.25) is 0 Å². The van der Waals surface area contributed by atoms with E-state index < -0.39 is 0 Å². The number of ether oxygens (including phenoxy) is 3. The third-order valence-corrected chi connectivity index (χ3v) is 2.54. The van der Waals surface area contributed by atoms with Crippen LogP contribution in [0.15, 0.2) is 18.2 Å². The van der Waals surface area contributed by atoms with E-state index in [1.807, 2.05) is 18.2 Å². The van der Waals surface area contributed by atoms with Crippen molar-refractivity contribution in [3.8, 4) is 11.5 Å². The summed E-state index contributed by atoms with van der Waals surface area (Å²) < 4.78 is 15.9. The molecule has 0 fully saturated rings. The molecule has 1 N–H and O–H groups in total. The molecule has 0 bridgehead atoms. The first kappa shape index (κ1) is 12.7. The van der Waals surface area contributed by atoms with E-state index in [-0.39, 0.29) is 12.5 Å². The topological polar surface area (TPSA) is 56.8 Å². The van der Waals surface area contributed by atoms with E-state index in [9.17, 15) is 4.79 Å². The molecule has 18 heavy (non-hydrogen) atoms. The van der Waals surface area contributed by atoms with Crippen molar-refractivity contribution < 1.29 is 19.0 Å². The Morgan fingerprint density at radius 2 is 2.22 bits per heavy atom. The summed E-state index contributed by atoms with van der Waals surface area (Å²) in [5.41, 5.74) is 0.983. The number of esters is 1. The van der Waals surface area contributed by atoms with Gasteiger partial charge < -0.3 is 19.5 Å². The lowest BCUT2D eigenvalue weighted by Crippen LogP contribution is -2.25. The Labute approximate surface area is 106 Å². The fraction of sp³-hybridized carbons (Fsp3) is 0.462. The molecule has 0 unspecified atom stereocenters. The maximum Gasteiger partial charge on any atom is 0.319 e. The number of benzene rings is 1. The number of carbonyl (C=O) groups excluding carboxylic acids is 1. The molecule has 5 heteroatoms. The zero-order valence-corrected chi connectivity index (χ0v) is 10.4. The van der Waals surface area contributed by atoms with Gasteiger partial charge in [-0.3, -0.25) is 4.79 Å². The van der Waals surface area contributed by atoms with Crippen LogP contribution in [0, 0.1) is 0 Å². The Bertz CT molecular complexity index is 419. The predicted molar refractivity (Wildman–Crippen MR) is 65.8 cm³/mol. The second kappa shape index (κ2) is 6.26. The van der Waals surface area contributed by atoms with E-state index in [1.165, 1.54) is 0 Å². The van der Waals surface area contributed by atoms with E-state index in [0.717, 1.165) is 17.1 Å². The molecular formula is C13H17NO4. The number of carbonyl (C=O) groups is 1. The van der Waals surface area contributed by atoms with Gasteiger partial charge in [-0.15, -0.1) is 0 Å². The molecule has 2 rings (SSSR count). The lowest BCUT2D eigenvalue weighted by atomic mass is 10.1. The van der Waals surface area contributed by atoms with Crippen molar-refractivity contribution in [2.75, 3.05) is 26.4 Å². The quantitative estimate of drug-likeness (QED) is 0.794. The Hall–Kier alpha value is -1.75. The second-order valence-electron chi connectivity index (χ2n) is 3.85. The molecule has 0 aliphatic carbocycles. The van der Waals surface area contributed by atoms with Gasteiger partial charge in [0.15, 0.2) is 11.5 Å². The number of hydrogen-bond acceptors (Lipinski definition) is 5. The monoisotopic (exact) mass is 251 g/mol. The minimum atomic E-state index is -0.250. The van der Waals surface area contributed by atoms with Crippen LogP contribution in [0.4, 0.5) is 0 Å². The van der Waals surface area contributed by atoms with Crippen molar-refractivity contribution >= 4 is 5.97 Å². The number of rotatable bonds is 5. The van der Waals surface area contributed by atoms with Gasteiger partial charge in [0.2, 0.25) is 0 Å². The lowest BCUT2D eigenvalue weighted by Gasteiger charge is -2.21. The maximum absolute atomic E-state index is 11.2. The number of nitrogens with one attached hydrogen (secondary N) is 1. The van der Waals surface area contributed by atoms with Gasteiger partial charge in [0.1, 0.15) is 13.2 Å². The average Bonchev–Trinajstić information content (AvgIpc) is 2.39. The predicted octanol–water partition coefficient (Wildman–Crippen LogP) is 1.11. The van der Waals surface area contributed by atoms with Gasteiger partial charge in [-0.25, -0.2) is 0 Å². The fourth-order valence-electron chi connectivity index (χ4n) is 1.78. The molecule has 0 saturated carbocycles. The summed E-state index contributed by atoms with van der Waals surface area (Å²) in [7, 11) is 0. The molecule has 0 saturated heterocycles. The molecule has 0 atom stereocenters. The van der Waals surface area contributed by atoms with Crippen molar-refractivity contribution in [3.63, 3.8) is 0 Å². The van der Waals surface area contributed by atoms with Crippen LogP contribution < -0.4 is 14.8 Å². The number of hydrogen-bond donors (Lipinski definition) is 1. The van der Waals surface area contributed by atoms with Crippen LogP contribution in [-0.2, 0) is 16.1 Å². The van der Waals surface area contributed by atoms with Crippen LogP contribution in [0.1, 0.15) is 12.5 Å². The smallest absolute Gasteiger partial charge is 0.319 e. The fourth-order valence-corrected chi connectivity index (χ4v) is 1.78. The minimum Gasteiger partial charge on any atom is -0.486 e. The number of para-hydroxylation sites is 1. The van der Waals surface area contributed by atoms with Crippen LogP contribution in [0.25, 0.3) is 0 Å². The van der Waals surface area contributed by atoms with Crippen LogP contribution in [-0.4, -0.2) is 32.3 Å². The van der Waals surface area contributed by atoms with E-state index in [4.69, 9.17) is 14.2 Å². The molecule has 1 heterocycles.